The first-order valence-corrected chi connectivity index (χ1v) is 7.27. The highest BCUT2D eigenvalue weighted by atomic mass is 16.5. The van der Waals surface area contributed by atoms with E-state index in [0.717, 1.165) is 31.4 Å². The first kappa shape index (κ1) is 13.5. The topological polar surface area (TPSA) is 60.2 Å². The average Bonchev–Trinajstić information content (AvgIpc) is 3.00. The molecule has 1 saturated heterocycles. The molecule has 1 aromatic heterocycles. The lowest BCUT2D eigenvalue weighted by atomic mass is 9.97. The van der Waals surface area contributed by atoms with Gasteiger partial charge in [-0.1, -0.05) is 18.2 Å². The molecular formula is C16H21N3O. The minimum atomic E-state index is 0.240. The number of nitrogens with zero attached hydrogens (tertiary/aromatic N) is 1. The first-order chi connectivity index (χ1) is 9.86. The molecule has 0 radical (unpaired) electrons. The Balaban J connectivity index is 1.76. The van der Waals surface area contributed by atoms with Crippen molar-refractivity contribution < 1.29 is 4.74 Å². The van der Waals surface area contributed by atoms with Gasteiger partial charge in [-0.15, -0.1) is 0 Å². The summed E-state index contributed by atoms with van der Waals surface area (Å²) in [6, 6.07) is 10.6. The summed E-state index contributed by atoms with van der Waals surface area (Å²) < 4.78 is 5.70. The third-order valence-corrected chi connectivity index (χ3v) is 4.01. The summed E-state index contributed by atoms with van der Waals surface area (Å²) in [5, 5.41) is 1.21. The lowest BCUT2D eigenvalue weighted by Gasteiger charge is -2.20. The van der Waals surface area contributed by atoms with Gasteiger partial charge in [0.1, 0.15) is 0 Å². The molecule has 0 aliphatic carbocycles. The monoisotopic (exact) mass is 271 g/mol. The number of pyridine rings is 1. The smallest absolute Gasteiger partial charge is 0.0704 e. The van der Waals surface area contributed by atoms with Gasteiger partial charge in [-0.3, -0.25) is 16.3 Å². The molecule has 1 aliphatic heterocycles. The maximum atomic E-state index is 5.72. The van der Waals surface area contributed by atoms with E-state index in [1.54, 1.807) is 0 Å². The fraction of sp³-hybridized carbons (Fsp3) is 0.438. The maximum Gasteiger partial charge on any atom is 0.0704 e. The molecule has 2 atom stereocenters. The SMILES string of the molecule is NNC(Cc1ccnc2ccccc12)CC1CCCO1. The van der Waals surface area contributed by atoms with Gasteiger partial charge in [0.05, 0.1) is 11.6 Å². The summed E-state index contributed by atoms with van der Waals surface area (Å²) >= 11 is 0. The van der Waals surface area contributed by atoms with Gasteiger partial charge in [0.2, 0.25) is 0 Å². The van der Waals surface area contributed by atoms with Gasteiger partial charge in [-0.05, 0) is 43.4 Å². The van der Waals surface area contributed by atoms with E-state index >= 15 is 0 Å². The number of nitrogens with one attached hydrogen (secondary N) is 1. The van der Waals surface area contributed by atoms with Crippen molar-refractivity contribution in [3.63, 3.8) is 0 Å². The highest BCUT2D eigenvalue weighted by Crippen LogP contribution is 2.21. The van der Waals surface area contributed by atoms with Gasteiger partial charge in [0, 0.05) is 24.2 Å². The summed E-state index contributed by atoms with van der Waals surface area (Å²) in [6.45, 7) is 0.889. The molecular weight excluding hydrogens is 250 g/mol. The number of benzene rings is 1. The Morgan fingerprint density at radius 2 is 2.25 bits per heavy atom. The Labute approximate surface area is 119 Å². The molecule has 1 aromatic carbocycles. The Hall–Kier alpha value is -1.49. The molecule has 1 aliphatic rings. The lowest BCUT2D eigenvalue weighted by molar-refractivity contribution is 0.0946. The molecule has 4 nitrogen and oxygen atoms in total. The normalized spacial score (nSPS) is 20.4. The van der Waals surface area contributed by atoms with Crippen LogP contribution in [-0.4, -0.2) is 23.7 Å². The number of hydrogen-bond donors (Lipinski definition) is 2. The van der Waals surface area contributed by atoms with Crippen molar-refractivity contribution >= 4 is 10.9 Å². The number of ether oxygens (including phenoxy) is 1. The predicted octanol–water partition coefficient (Wildman–Crippen LogP) is 2.18. The van der Waals surface area contributed by atoms with E-state index in [1.165, 1.54) is 17.4 Å². The van der Waals surface area contributed by atoms with E-state index in [1.807, 2.05) is 18.3 Å². The zero-order valence-electron chi connectivity index (χ0n) is 11.6. The molecule has 20 heavy (non-hydrogen) atoms. The Morgan fingerprint density at radius 3 is 3.05 bits per heavy atom. The number of hydrogen-bond acceptors (Lipinski definition) is 4. The van der Waals surface area contributed by atoms with Crippen molar-refractivity contribution in [3.05, 3.63) is 42.1 Å². The van der Waals surface area contributed by atoms with E-state index in [0.29, 0.717) is 6.10 Å². The molecule has 2 heterocycles. The fourth-order valence-electron chi connectivity index (χ4n) is 2.96. The zero-order chi connectivity index (χ0) is 13.8. The largest absolute Gasteiger partial charge is 0.378 e. The van der Waals surface area contributed by atoms with E-state index in [9.17, 15) is 0 Å². The zero-order valence-corrected chi connectivity index (χ0v) is 11.6. The van der Waals surface area contributed by atoms with E-state index in [2.05, 4.69) is 28.6 Å². The number of aromatic nitrogens is 1. The van der Waals surface area contributed by atoms with Crippen molar-refractivity contribution in [3.8, 4) is 0 Å². The second kappa shape index (κ2) is 6.31. The minimum absolute atomic E-state index is 0.240. The quantitative estimate of drug-likeness (QED) is 0.646. The Kier molecular flexibility index (Phi) is 4.25. The third kappa shape index (κ3) is 2.98. The number of fused-ring (bicyclic) bond motifs is 1. The number of hydrazine groups is 1. The molecule has 0 amide bonds. The van der Waals surface area contributed by atoms with Crippen LogP contribution in [0.3, 0.4) is 0 Å². The highest BCUT2D eigenvalue weighted by Gasteiger charge is 2.20. The molecule has 0 spiro atoms. The van der Waals surface area contributed by atoms with Crippen molar-refractivity contribution in [1.29, 1.82) is 0 Å². The molecule has 3 rings (SSSR count). The van der Waals surface area contributed by atoms with Crippen LogP contribution in [0.15, 0.2) is 36.5 Å². The van der Waals surface area contributed by atoms with Gasteiger partial charge >= 0.3 is 0 Å². The van der Waals surface area contributed by atoms with Crippen LogP contribution in [0, 0.1) is 0 Å². The molecule has 2 unspecified atom stereocenters. The van der Waals surface area contributed by atoms with Crippen LogP contribution in [0.1, 0.15) is 24.8 Å². The van der Waals surface area contributed by atoms with Crippen LogP contribution < -0.4 is 11.3 Å². The summed E-state index contributed by atoms with van der Waals surface area (Å²) in [7, 11) is 0. The molecule has 3 N–H and O–H groups in total. The van der Waals surface area contributed by atoms with Crippen LogP contribution in [0.25, 0.3) is 10.9 Å². The van der Waals surface area contributed by atoms with Crippen molar-refractivity contribution in [1.82, 2.24) is 10.4 Å². The van der Waals surface area contributed by atoms with Crippen LogP contribution in [-0.2, 0) is 11.2 Å². The van der Waals surface area contributed by atoms with Gasteiger partial charge in [-0.2, -0.15) is 0 Å². The van der Waals surface area contributed by atoms with Gasteiger partial charge < -0.3 is 4.74 Å². The second-order valence-corrected chi connectivity index (χ2v) is 5.43. The molecule has 2 aromatic rings. The van der Waals surface area contributed by atoms with Crippen molar-refractivity contribution in [2.24, 2.45) is 5.84 Å². The minimum Gasteiger partial charge on any atom is -0.378 e. The van der Waals surface area contributed by atoms with Crippen LogP contribution in [0.5, 0.6) is 0 Å². The first-order valence-electron chi connectivity index (χ1n) is 7.27. The van der Waals surface area contributed by atoms with Crippen LogP contribution in [0.2, 0.25) is 0 Å². The summed E-state index contributed by atoms with van der Waals surface area (Å²) in [5.41, 5.74) is 5.27. The summed E-state index contributed by atoms with van der Waals surface area (Å²) in [6.07, 6.45) is 6.41. The van der Waals surface area contributed by atoms with Crippen molar-refractivity contribution in [2.45, 2.75) is 37.8 Å². The molecule has 0 bridgehead atoms. The van der Waals surface area contributed by atoms with Crippen LogP contribution in [0.4, 0.5) is 0 Å². The predicted molar refractivity (Wildman–Crippen MR) is 80.1 cm³/mol. The number of nitrogens with two attached hydrogens (primary N) is 1. The van der Waals surface area contributed by atoms with Crippen molar-refractivity contribution in [2.75, 3.05) is 6.61 Å². The Morgan fingerprint density at radius 1 is 1.35 bits per heavy atom. The summed E-state index contributed by atoms with van der Waals surface area (Å²) in [5.74, 6) is 5.72. The number of rotatable bonds is 5. The summed E-state index contributed by atoms with van der Waals surface area (Å²) in [4.78, 5) is 4.40. The molecule has 1 fully saturated rings. The molecule has 0 saturated carbocycles. The standard InChI is InChI=1S/C16H21N3O/c17-19-13(11-14-4-3-9-20-14)10-12-7-8-18-16-6-2-1-5-15(12)16/h1-2,5-8,13-14,19H,3-4,9-11,17H2. The highest BCUT2D eigenvalue weighted by molar-refractivity contribution is 5.81. The molecule has 106 valence electrons. The Bertz CT molecular complexity index is 561. The molecule has 4 heteroatoms. The van der Waals surface area contributed by atoms with Gasteiger partial charge in [0.15, 0.2) is 0 Å². The third-order valence-electron chi connectivity index (χ3n) is 4.01. The average molecular weight is 271 g/mol. The van der Waals surface area contributed by atoms with Gasteiger partial charge in [-0.25, -0.2) is 0 Å². The second-order valence-electron chi connectivity index (χ2n) is 5.43. The van der Waals surface area contributed by atoms with E-state index in [4.69, 9.17) is 10.6 Å². The fourth-order valence-corrected chi connectivity index (χ4v) is 2.96. The number of para-hydroxylation sites is 1. The maximum absolute atomic E-state index is 5.72. The van der Waals surface area contributed by atoms with E-state index in [-0.39, 0.29) is 6.04 Å². The van der Waals surface area contributed by atoms with Crippen LogP contribution >= 0.6 is 0 Å². The van der Waals surface area contributed by atoms with Gasteiger partial charge in [0.25, 0.3) is 0 Å². The van der Waals surface area contributed by atoms with E-state index < -0.39 is 0 Å². The lowest BCUT2D eigenvalue weighted by Crippen LogP contribution is -2.39.